The molecule has 156 valence electrons. The van der Waals surface area contributed by atoms with Gasteiger partial charge in [-0.1, -0.05) is 0 Å². The van der Waals surface area contributed by atoms with Crippen molar-refractivity contribution in [3.8, 4) is 0 Å². The molecule has 0 aliphatic carbocycles. The number of aliphatic hydroxyl groups is 4. The van der Waals surface area contributed by atoms with Crippen molar-refractivity contribution in [2.75, 3.05) is 12.3 Å². The van der Waals surface area contributed by atoms with Gasteiger partial charge in [-0.15, -0.1) is 13.2 Å². The van der Waals surface area contributed by atoms with Crippen molar-refractivity contribution in [2.24, 2.45) is 0 Å². The van der Waals surface area contributed by atoms with Gasteiger partial charge in [-0.3, -0.25) is 9.30 Å². The van der Waals surface area contributed by atoms with E-state index >= 15 is 0 Å². The molecule has 0 bridgehead atoms. The van der Waals surface area contributed by atoms with Gasteiger partial charge in [-0.25, -0.2) is 15.0 Å². The number of rotatable bonds is 6. The third-order valence-corrected chi connectivity index (χ3v) is 4.30. The molecule has 6 N–H and O–H groups in total. The number of hydrogen-bond acceptors (Lipinski definition) is 10. The van der Waals surface area contributed by atoms with E-state index in [9.17, 15) is 28.5 Å². The summed E-state index contributed by atoms with van der Waals surface area (Å²) in [4.78, 5) is 11.7. The minimum atomic E-state index is -5.10. The summed E-state index contributed by atoms with van der Waals surface area (Å²) < 4.78 is 48.8. The van der Waals surface area contributed by atoms with E-state index in [1.165, 1.54) is 10.9 Å². The first-order valence-corrected chi connectivity index (χ1v) is 8.10. The second-order valence-electron chi connectivity index (χ2n) is 6.23. The SMILES string of the molecule is Nc1ncnc2c1ncn2[C@@H]1O[C@H](C(CC(O)CO)OC(F)(F)F)[C@@H](O)[C@H]1O. The summed E-state index contributed by atoms with van der Waals surface area (Å²) in [7, 11) is 0. The van der Waals surface area contributed by atoms with Crippen LogP contribution in [0, 0.1) is 0 Å². The Balaban J connectivity index is 1.89. The summed E-state index contributed by atoms with van der Waals surface area (Å²) in [6.45, 7) is -0.825. The average molecular weight is 409 g/mol. The standard InChI is InChI=1S/C14H18F3N5O6/c15-14(16,17)28-6(1-5(24)2-23)10-8(25)9(26)13(27-10)22-4-21-7-11(18)19-3-20-12(7)22/h3-6,8-10,13,23-26H,1-2H2,(H2,18,19,20)/t5?,6?,8-,9+,10+,13+/m0/s1. The molecule has 2 aromatic heterocycles. The highest BCUT2D eigenvalue weighted by molar-refractivity contribution is 5.81. The molecule has 1 aliphatic rings. The van der Waals surface area contributed by atoms with Crippen LogP contribution in [0.15, 0.2) is 12.7 Å². The number of nitrogens with zero attached hydrogens (tertiary/aromatic N) is 4. The second-order valence-corrected chi connectivity index (χ2v) is 6.23. The van der Waals surface area contributed by atoms with Crippen LogP contribution in [-0.2, 0) is 9.47 Å². The number of fused-ring (bicyclic) bond motifs is 1. The van der Waals surface area contributed by atoms with Crippen LogP contribution in [-0.4, -0.2) is 83.4 Å². The fraction of sp³-hybridized carbons (Fsp3) is 0.643. The van der Waals surface area contributed by atoms with Crippen LogP contribution < -0.4 is 5.73 Å². The first-order chi connectivity index (χ1) is 13.1. The topological polar surface area (TPSA) is 169 Å². The lowest BCUT2D eigenvalue weighted by molar-refractivity contribution is -0.357. The molecule has 0 spiro atoms. The third-order valence-electron chi connectivity index (χ3n) is 4.30. The van der Waals surface area contributed by atoms with Crippen molar-refractivity contribution in [2.45, 2.75) is 49.5 Å². The lowest BCUT2D eigenvalue weighted by atomic mass is 10.0. The zero-order chi connectivity index (χ0) is 20.6. The van der Waals surface area contributed by atoms with Gasteiger partial charge in [-0.2, -0.15) is 0 Å². The zero-order valence-corrected chi connectivity index (χ0v) is 14.1. The van der Waals surface area contributed by atoms with Crippen LogP contribution in [0.4, 0.5) is 19.0 Å². The van der Waals surface area contributed by atoms with E-state index in [1.807, 2.05) is 0 Å². The van der Waals surface area contributed by atoms with Gasteiger partial charge in [0.25, 0.3) is 0 Å². The monoisotopic (exact) mass is 409 g/mol. The molecule has 0 radical (unpaired) electrons. The number of ether oxygens (including phenoxy) is 2. The summed E-state index contributed by atoms with van der Waals surface area (Å²) in [5, 5.41) is 39.0. The number of aliphatic hydroxyl groups excluding tert-OH is 4. The van der Waals surface area contributed by atoms with Crippen molar-refractivity contribution < 1.29 is 43.1 Å². The van der Waals surface area contributed by atoms with Gasteiger partial charge in [0.2, 0.25) is 0 Å². The fourth-order valence-electron chi connectivity index (χ4n) is 3.04. The van der Waals surface area contributed by atoms with Crippen LogP contribution in [0.1, 0.15) is 12.6 Å². The van der Waals surface area contributed by atoms with Gasteiger partial charge in [-0.05, 0) is 0 Å². The van der Waals surface area contributed by atoms with E-state index in [-0.39, 0.29) is 17.0 Å². The Morgan fingerprint density at radius 1 is 1.25 bits per heavy atom. The molecule has 6 atom stereocenters. The van der Waals surface area contributed by atoms with Gasteiger partial charge < -0.3 is 30.9 Å². The molecule has 2 unspecified atom stereocenters. The highest BCUT2D eigenvalue weighted by atomic mass is 19.4. The van der Waals surface area contributed by atoms with Crippen molar-refractivity contribution in [3.05, 3.63) is 12.7 Å². The maximum atomic E-state index is 12.7. The number of anilines is 1. The lowest BCUT2D eigenvalue weighted by Gasteiger charge is -2.27. The normalized spacial score (nSPS) is 28.0. The number of aromatic nitrogens is 4. The Bertz CT molecular complexity index is 820. The first-order valence-electron chi connectivity index (χ1n) is 8.10. The van der Waals surface area contributed by atoms with Crippen LogP contribution >= 0.6 is 0 Å². The van der Waals surface area contributed by atoms with E-state index in [1.54, 1.807) is 0 Å². The largest absolute Gasteiger partial charge is 0.522 e. The number of nitrogen functional groups attached to an aromatic ring is 1. The molecular formula is C14H18F3N5O6. The molecule has 3 rings (SSSR count). The summed E-state index contributed by atoms with van der Waals surface area (Å²) >= 11 is 0. The predicted octanol–water partition coefficient (Wildman–Crippen LogP) is -1.32. The molecule has 1 fully saturated rings. The van der Waals surface area contributed by atoms with Crippen LogP contribution in [0.3, 0.4) is 0 Å². The van der Waals surface area contributed by atoms with Crippen molar-refractivity contribution in [3.63, 3.8) is 0 Å². The Morgan fingerprint density at radius 2 is 1.96 bits per heavy atom. The number of alkyl halides is 3. The summed E-state index contributed by atoms with van der Waals surface area (Å²) in [6.07, 6.45) is -13.4. The van der Waals surface area contributed by atoms with E-state index in [2.05, 4.69) is 19.7 Å². The lowest BCUT2D eigenvalue weighted by Crippen LogP contribution is -2.44. The Hall–Kier alpha value is -2.10. The van der Waals surface area contributed by atoms with Crippen molar-refractivity contribution >= 4 is 17.0 Å². The smallest absolute Gasteiger partial charge is 0.394 e. The molecule has 3 heterocycles. The number of hydrogen-bond donors (Lipinski definition) is 5. The quantitative estimate of drug-likeness (QED) is 0.385. The Kier molecular flexibility index (Phi) is 5.69. The zero-order valence-electron chi connectivity index (χ0n) is 14.1. The minimum Gasteiger partial charge on any atom is -0.394 e. The molecule has 1 saturated heterocycles. The second kappa shape index (κ2) is 7.73. The average Bonchev–Trinajstić information content (AvgIpc) is 3.16. The predicted molar refractivity (Wildman–Crippen MR) is 84.3 cm³/mol. The van der Waals surface area contributed by atoms with Crippen molar-refractivity contribution in [1.82, 2.24) is 19.5 Å². The highest BCUT2D eigenvalue weighted by Crippen LogP contribution is 2.36. The number of nitrogens with two attached hydrogens (primary N) is 1. The van der Waals surface area contributed by atoms with E-state index in [0.29, 0.717) is 0 Å². The molecule has 1 aliphatic heterocycles. The minimum absolute atomic E-state index is 0.0395. The van der Waals surface area contributed by atoms with Crippen LogP contribution in [0.2, 0.25) is 0 Å². The van der Waals surface area contributed by atoms with Gasteiger partial charge in [0.15, 0.2) is 17.7 Å². The molecule has 0 saturated carbocycles. The molecule has 0 aromatic carbocycles. The van der Waals surface area contributed by atoms with E-state index < -0.39 is 56.1 Å². The molecule has 11 nitrogen and oxygen atoms in total. The van der Waals surface area contributed by atoms with E-state index in [0.717, 1.165) is 6.33 Å². The van der Waals surface area contributed by atoms with Gasteiger partial charge in [0, 0.05) is 6.42 Å². The molecule has 28 heavy (non-hydrogen) atoms. The molecule has 2 aromatic rings. The van der Waals surface area contributed by atoms with Crippen LogP contribution in [0.25, 0.3) is 11.2 Å². The summed E-state index contributed by atoms with van der Waals surface area (Å²) in [5.74, 6) is 0.0395. The summed E-state index contributed by atoms with van der Waals surface area (Å²) in [6, 6.07) is 0. The summed E-state index contributed by atoms with van der Waals surface area (Å²) in [5.41, 5.74) is 5.98. The molecular weight excluding hydrogens is 391 g/mol. The number of imidazole rings is 1. The Labute approximate surface area is 155 Å². The van der Waals surface area contributed by atoms with Gasteiger partial charge in [0.05, 0.1) is 25.1 Å². The maximum absolute atomic E-state index is 12.7. The Morgan fingerprint density at radius 3 is 2.61 bits per heavy atom. The first kappa shape index (κ1) is 20.6. The molecule has 14 heteroatoms. The fourth-order valence-corrected chi connectivity index (χ4v) is 3.04. The van der Waals surface area contributed by atoms with Crippen molar-refractivity contribution in [1.29, 1.82) is 0 Å². The van der Waals surface area contributed by atoms with E-state index in [4.69, 9.17) is 15.6 Å². The third kappa shape index (κ3) is 4.01. The molecule has 0 amide bonds. The number of halogens is 3. The van der Waals surface area contributed by atoms with Gasteiger partial charge in [0.1, 0.15) is 30.2 Å². The van der Waals surface area contributed by atoms with Gasteiger partial charge >= 0.3 is 6.36 Å². The highest BCUT2D eigenvalue weighted by Gasteiger charge is 2.51. The van der Waals surface area contributed by atoms with Crippen LogP contribution in [0.5, 0.6) is 0 Å². The maximum Gasteiger partial charge on any atom is 0.522 e.